The van der Waals surface area contributed by atoms with Gasteiger partial charge in [-0.2, -0.15) is 0 Å². The normalized spacial score (nSPS) is 10.0. The molecule has 0 saturated heterocycles. The van der Waals surface area contributed by atoms with Crippen molar-refractivity contribution in [2.75, 3.05) is 7.11 Å². The Morgan fingerprint density at radius 2 is 2.06 bits per heavy atom. The number of pyridine rings is 1. The molecule has 0 aliphatic rings. The highest BCUT2D eigenvalue weighted by atomic mass is 35.5. The molecule has 1 heterocycles. The molecule has 0 fully saturated rings. The van der Waals surface area contributed by atoms with Crippen LogP contribution in [0.2, 0.25) is 0 Å². The van der Waals surface area contributed by atoms with Crippen molar-refractivity contribution in [1.82, 2.24) is 4.98 Å². The molecule has 0 unspecified atom stereocenters. The Kier molecular flexibility index (Phi) is 3.83. The third-order valence-corrected chi connectivity index (χ3v) is 2.57. The van der Waals surface area contributed by atoms with Gasteiger partial charge in [0.25, 0.3) is 0 Å². The van der Waals surface area contributed by atoms with Gasteiger partial charge < -0.3 is 9.47 Å². The first-order valence-electron chi connectivity index (χ1n) is 5.14. The van der Waals surface area contributed by atoms with E-state index in [0.717, 1.165) is 11.3 Å². The van der Waals surface area contributed by atoms with Crippen molar-refractivity contribution < 1.29 is 9.47 Å². The third kappa shape index (κ3) is 2.88. The fraction of sp³-hybridized carbons (Fsp3) is 0.154. The molecule has 2 rings (SSSR count). The average Bonchev–Trinajstić information content (AvgIpc) is 2.39. The number of alkyl halides is 1. The van der Waals surface area contributed by atoms with E-state index in [1.807, 2.05) is 30.3 Å². The predicted octanol–water partition coefficient (Wildman–Crippen LogP) is 3.62. The summed E-state index contributed by atoms with van der Waals surface area (Å²) in [5, 5.41) is 0. The molecule has 0 N–H and O–H groups in total. The number of ether oxygens (including phenoxy) is 2. The Morgan fingerprint density at radius 3 is 2.82 bits per heavy atom. The van der Waals surface area contributed by atoms with Gasteiger partial charge in [0.15, 0.2) is 0 Å². The Hall–Kier alpha value is -1.74. The van der Waals surface area contributed by atoms with Crippen LogP contribution in [0.25, 0.3) is 0 Å². The highest BCUT2D eigenvalue weighted by molar-refractivity contribution is 6.17. The number of rotatable bonds is 4. The first kappa shape index (κ1) is 11.7. The van der Waals surface area contributed by atoms with Gasteiger partial charge in [0.2, 0.25) is 0 Å². The van der Waals surface area contributed by atoms with Crippen molar-refractivity contribution in [1.29, 1.82) is 0 Å². The molecule has 2 aromatic rings. The first-order chi connectivity index (χ1) is 8.33. The Labute approximate surface area is 105 Å². The molecule has 0 aliphatic carbocycles. The van der Waals surface area contributed by atoms with Gasteiger partial charge in [-0.05, 0) is 18.2 Å². The van der Waals surface area contributed by atoms with Crippen LogP contribution in [-0.4, -0.2) is 12.1 Å². The summed E-state index contributed by atoms with van der Waals surface area (Å²) in [6, 6.07) is 9.23. The summed E-state index contributed by atoms with van der Waals surface area (Å²) in [7, 11) is 1.62. The summed E-state index contributed by atoms with van der Waals surface area (Å²) in [4.78, 5) is 4.02. The van der Waals surface area contributed by atoms with E-state index in [4.69, 9.17) is 21.1 Å². The fourth-order valence-corrected chi connectivity index (χ4v) is 1.62. The van der Waals surface area contributed by atoms with Crippen molar-refractivity contribution in [3.05, 3.63) is 48.3 Å². The molecule has 0 saturated carbocycles. The lowest BCUT2D eigenvalue weighted by Gasteiger charge is -2.09. The Morgan fingerprint density at radius 1 is 1.24 bits per heavy atom. The Balaban J connectivity index is 2.24. The highest BCUT2D eigenvalue weighted by Crippen LogP contribution is 2.27. The molecule has 0 bridgehead atoms. The van der Waals surface area contributed by atoms with Gasteiger partial charge in [0.05, 0.1) is 19.2 Å². The lowest BCUT2D eigenvalue weighted by atomic mass is 10.3. The van der Waals surface area contributed by atoms with Crippen LogP contribution in [0, 0.1) is 0 Å². The summed E-state index contributed by atoms with van der Waals surface area (Å²) >= 11 is 5.82. The van der Waals surface area contributed by atoms with Crippen molar-refractivity contribution >= 4 is 11.6 Å². The molecule has 1 aromatic carbocycles. The lowest BCUT2D eigenvalue weighted by molar-refractivity contribution is 0.408. The van der Waals surface area contributed by atoms with E-state index in [1.165, 1.54) is 0 Å². The maximum Gasteiger partial charge on any atom is 0.150 e. The van der Waals surface area contributed by atoms with Crippen LogP contribution in [0.15, 0.2) is 42.7 Å². The molecule has 0 amide bonds. The summed E-state index contributed by atoms with van der Waals surface area (Å²) in [5.41, 5.74) is 0.907. The molecular formula is C13H12ClNO2. The minimum atomic E-state index is 0.391. The highest BCUT2D eigenvalue weighted by Gasteiger charge is 2.04. The number of nitrogens with zero attached hydrogens (tertiary/aromatic N) is 1. The predicted molar refractivity (Wildman–Crippen MR) is 66.9 cm³/mol. The second-order valence-electron chi connectivity index (χ2n) is 3.40. The molecular weight excluding hydrogens is 238 g/mol. The van der Waals surface area contributed by atoms with Crippen LogP contribution in [0.3, 0.4) is 0 Å². The number of benzene rings is 1. The molecule has 4 heteroatoms. The van der Waals surface area contributed by atoms with Gasteiger partial charge in [0, 0.05) is 17.8 Å². The second-order valence-corrected chi connectivity index (χ2v) is 3.67. The SMILES string of the molecule is COc1cccc(Oc2cnccc2CCl)c1. The van der Waals surface area contributed by atoms with E-state index >= 15 is 0 Å². The number of methoxy groups -OCH3 is 1. The van der Waals surface area contributed by atoms with Crippen LogP contribution >= 0.6 is 11.6 Å². The number of halogens is 1. The molecule has 88 valence electrons. The van der Waals surface area contributed by atoms with Crippen LogP contribution in [-0.2, 0) is 5.88 Å². The molecule has 3 nitrogen and oxygen atoms in total. The fourth-order valence-electron chi connectivity index (χ4n) is 1.40. The standard InChI is InChI=1S/C13H12ClNO2/c1-16-11-3-2-4-12(7-11)17-13-9-15-6-5-10(13)8-14/h2-7,9H,8H2,1H3. The van der Waals surface area contributed by atoms with E-state index in [2.05, 4.69) is 4.98 Å². The van der Waals surface area contributed by atoms with Gasteiger partial charge in [-0.15, -0.1) is 11.6 Å². The zero-order chi connectivity index (χ0) is 12.1. The van der Waals surface area contributed by atoms with Crippen molar-refractivity contribution in [2.45, 2.75) is 5.88 Å². The van der Waals surface area contributed by atoms with E-state index in [-0.39, 0.29) is 0 Å². The van der Waals surface area contributed by atoms with Crippen molar-refractivity contribution in [3.8, 4) is 17.2 Å². The largest absolute Gasteiger partial charge is 0.497 e. The number of hydrogen-bond donors (Lipinski definition) is 0. The zero-order valence-electron chi connectivity index (χ0n) is 9.39. The van der Waals surface area contributed by atoms with Crippen LogP contribution in [0.1, 0.15) is 5.56 Å². The summed E-state index contributed by atoms with van der Waals surface area (Å²) in [5.74, 6) is 2.50. The average molecular weight is 250 g/mol. The topological polar surface area (TPSA) is 31.4 Å². The quantitative estimate of drug-likeness (QED) is 0.776. The van der Waals surface area contributed by atoms with E-state index in [0.29, 0.717) is 17.4 Å². The van der Waals surface area contributed by atoms with Crippen molar-refractivity contribution in [3.63, 3.8) is 0 Å². The van der Waals surface area contributed by atoms with Gasteiger partial charge in [-0.1, -0.05) is 6.07 Å². The molecule has 17 heavy (non-hydrogen) atoms. The van der Waals surface area contributed by atoms with Crippen molar-refractivity contribution in [2.24, 2.45) is 0 Å². The van der Waals surface area contributed by atoms with Gasteiger partial charge in [0.1, 0.15) is 17.2 Å². The minimum absolute atomic E-state index is 0.391. The summed E-state index contributed by atoms with van der Waals surface area (Å²) in [6.45, 7) is 0. The van der Waals surface area contributed by atoms with E-state index in [1.54, 1.807) is 19.5 Å². The summed E-state index contributed by atoms with van der Waals surface area (Å²) < 4.78 is 10.8. The van der Waals surface area contributed by atoms with Gasteiger partial charge in [-0.25, -0.2) is 0 Å². The minimum Gasteiger partial charge on any atom is -0.497 e. The Bertz CT molecular complexity index is 502. The smallest absolute Gasteiger partial charge is 0.150 e. The molecule has 0 spiro atoms. The monoisotopic (exact) mass is 249 g/mol. The van der Waals surface area contributed by atoms with Gasteiger partial charge in [-0.3, -0.25) is 4.98 Å². The summed E-state index contributed by atoms with van der Waals surface area (Å²) in [6.07, 6.45) is 3.34. The number of hydrogen-bond acceptors (Lipinski definition) is 3. The lowest BCUT2D eigenvalue weighted by Crippen LogP contribution is -1.91. The molecule has 0 radical (unpaired) electrons. The molecule has 0 atom stereocenters. The van der Waals surface area contributed by atoms with Gasteiger partial charge >= 0.3 is 0 Å². The number of aromatic nitrogens is 1. The van der Waals surface area contributed by atoms with E-state index in [9.17, 15) is 0 Å². The van der Waals surface area contributed by atoms with Crippen LogP contribution < -0.4 is 9.47 Å². The van der Waals surface area contributed by atoms with E-state index < -0.39 is 0 Å². The maximum absolute atomic E-state index is 5.82. The first-order valence-corrected chi connectivity index (χ1v) is 5.67. The molecule has 1 aromatic heterocycles. The van der Waals surface area contributed by atoms with Crippen LogP contribution in [0.4, 0.5) is 0 Å². The molecule has 0 aliphatic heterocycles. The maximum atomic E-state index is 5.82. The second kappa shape index (κ2) is 5.55. The van der Waals surface area contributed by atoms with Crippen LogP contribution in [0.5, 0.6) is 17.2 Å². The third-order valence-electron chi connectivity index (χ3n) is 2.28. The zero-order valence-corrected chi connectivity index (χ0v) is 10.1.